The van der Waals surface area contributed by atoms with E-state index in [1.807, 2.05) is 0 Å². The molecule has 0 radical (unpaired) electrons. The van der Waals surface area contributed by atoms with Crippen LogP contribution in [-0.2, 0) is 0 Å². The summed E-state index contributed by atoms with van der Waals surface area (Å²) in [7, 11) is 0. The van der Waals surface area contributed by atoms with Crippen LogP contribution in [0.3, 0.4) is 0 Å². The summed E-state index contributed by atoms with van der Waals surface area (Å²) < 4.78 is 0. The SMILES string of the molecule is Nc1nc(NCC(O)C2CC2)c2[nH]cnc2n1. The smallest absolute Gasteiger partial charge is 0.224 e. The minimum absolute atomic E-state index is 0.174. The largest absolute Gasteiger partial charge is 0.391 e. The lowest BCUT2D eigenvalue weighted by Gasteiger charge is -2.11. The first-order chi connectivity index (χ1) is 8.24. The minimum Gasteiger partial charge on any atom is -0.391 e. The van der Waals surface area contributed by atoms with E-state index in [0.717, 1.165) is 12.8 Å². The van der Waals surface area contributed by atoms with Gasteiger partial charge in [0.05, 0.1) is 12.4 Å². The Hall–Kier alpha value is -1.89. The maximum atomic E-state index is 9.78. The molecule has 1 fully saturated rings. The summed E-state index contributed by atoms with van der Waals surface area (Å²) in [5.74, 6) is 1.19. The van der Waals surface area contributed by atoms with Crippen LogP contribution in [0.4, 0.5) is 11.8 Å². The number of H-pyrrole nitrogens is 1. The monoisotopic (exact) mass is 234 g/mol. The van der Waals surface area contributed by atoms with Crippen molar-refractivity contribution in [3.05, 3.63) is 6.33 Å². The molecule has 0 aliphatic heterocycles. The maximum Gasteiger partial charge on any atom is 0.224 e. The number of hydrogen-bond donors (Lipinski definition) is 4. The van der Waals surface area contributed by atoms with E-state index < -0.39 is 0 Å². The highest BCUT2D eigenvalue weighted by atomic mass is 16.3. The number of aromatic nitrogens is 4. The molecule has 2 aromatic rings. The summed E-state index contributed by atoms with van der Waals surface area (Å²) in [5.41, 5.74) is 6.82. The number of aliphatic hydroxyl groups excluding tert-OH is 1. The fraction of sp³-hybridized carbons (Fsp3) is 0.500. The summed E-state index contributed by atoms with van der Waals surface area (Å²) in [6.45, 7) is 0.468. The fourth-order valence-electron chi connectivity index (χ4n) is 1.83. The molecule has 1 unspecified atom stereocenters. The molecule has 0 amide bonds. The summed E-state index contributed by atoms with van der Waals surface area (Å²) in [5, 5.41) is 12.9. The van der Waals surface area contributed by atoms with Crippen molar-refractivity contribution in [1.82, 2.24) is 19.9 Å². The van der Waals surface area contributed by atoms with Crippen molar-refractivity contribution in [2.45, 2.75) is 18.9 Å². The molecule has 5 N–H and O–H groups in total. The Morgan fingerprint density at radius 1 is 1.53 bits per heavy atom. The molecule has 1 atom stereocenters. The summed E-state index contributed by atoms with van der Waals surface area (Å²) in [4.78, 5) is 15.1. The van der Waals surface area contributed by atoms with Gasteiger partial charge in [-0.15, -0.1) is 0 Å². The number of anilines is 2. The number of fused-ring (bicyclic) bond motifs is 1. The minimum atomic E-state index is -0.329. The van der Waals surface area contributed by atoms with Crippen LogP contribution in [-0.4, -0.2) is 37.7 Å². The normalized spacial score (nSPS) is 17.2. The molecule has 0 saturated heterocycles. The second-order valence-electron chi connectivity index (χ2n) is 4.32. The number of rotatable bonds is 4. The Balaban J connectivity index is 1.80. The van der Waals surface area contributed by atoms with Gasteiger partial charge in [-0.05, 0) is 18.8 Å². The molecule has 0 spiro atoms. The predicted octanol–water partition coefficient (Wildman–Crippen LogP) is 0.118. The van der Waals surface area contributed by atoms with E-state index in [0.29, 0.717) is 29.4 Å². The predicted molar refractivity (Wildman–Crippen MR) is 63.3 cm³/mol. The molecule has 1 saturated carbocycles. The Morgan fingerprint density at radius 2 is 2.35 bits per heavy atom. The Bertz CT molecular complexity index is 535. The van der Waals surface area contributed by atoms with Gasteiger partial charge in [0, 0.05) is 6.54 Å². The van der Waals surface area contributed by atoms with Crippen LogP contribution in [0.1, 0.15) is 12.8 Å². The van der Waals surface area contributed by atoms with E-state index in [4.69, 9.17) is 5.73 Å². The standard InChI is InChI=1S/C10H14N6O/c11-10-15-8(7-9(16-10)14-4-13-7)12-3-6(17)5-1-2-5/h4-6,17H,1-3H2,(H4,11,12,13,14,15,16). The number of nitrogens with one attached hydrogen (secondary N) is 2. The van der Waals surface area contributed by atoms with Crippen molar-refractivity contribution in [3.63, 3.8) is 0 Å². The molecule has 3 rings (SSSR count). The fourth-order valence-corrected chi connectivity index (χ4v) is 1.83. The second-order valence-corrected chi connectivity index (χ2v) is 4.32. The molecule has 1 aliphatic carbocycles. The number of hydrogen-bond acceptors (Lipinski definition) is 6. The number of nitrogen functional groups attached to an aromatic ring is 1. The molecule has 2 aromatic heterocycles. The van der Waals surface area contributed by atoms with Crippen LogP contribution < -0.4 is 11.1 Å². The molecule has 0 bridgehead atoms. The summed E-state index contributed by atoms with van der Waals surface area (Å²) in [6, 6.07) is 0. The topological polar surface area (TPSA) is 113 Å². The third-order valence-corrected chi connectivity index (χ3v) is 2.95. The number of nitrogens with zero attached hydrogens (tertiary/aromatic N) is 3. The zero-order chi connectivity index (χ0) is 11.8. The van der Waals surface area contributed by atoms with E-state index in [1.54, 1.807) is 6.33 Å². The lowest BCUT2D eigenvalue weighted by atomic mass is 10.2. The van der Waals surface area contributed by atoms with Gasteiger partial charge in [0.2, 0.25) is 5.95 Å². The molecule has 90 valence electrons. The van der Waals surface area contributed by atoms with Gasteiger partial charge in [-0.1, -0.05) is 0 Å². The van der Waals surface area contributed by atoms with E-state index >= 15 is 0 Å². The maximum absolute atomic E-state index is 9.78. The Labute approximate surface area is 97.5 Å². The zero-order valence-corrected chi connectivity index (χ0v) is 9.22. The van der Waals surface area contributed by atoms with Crippen molar-refractivity contribution in [2.24, 2.45) is 5.92 Å². The van der Waals surface area contributed by atoms with E-state index in [1.165, 1.54) is 0 Å². The van der Waals surface area contributed by atoms with Gasteiger partial charge in [0.25, 0.3) is 0 Å². The molecule has 1 aliphatic rings. The zero-order valence-electron chi connectivity index (χ0n) is 9.22. The van der Waals surface area contributed by atoms with Crippen molar-refractivity contribution >= 4 is 22.9 Å². The molecular formula is C10H14N6O. The van der Waals surface area contributed by atoms with Gasteiger partial charge in [-0.2, -0.15) is 9.97 Å². The number of imidazole rings is 1. The van der Waals surface area contributed by atoms with Crippen molar-refractivity contribution in [2.75, 3.05) is 17.6 Å². The number of aliphatic hydroxyl groups is 1. The number of nitrogens with two attached hydrogens (primary N) is 1. The van der Waals surface area contributed by atoms with E-state index in [9.17, 15) is 5.11 Å². The first-order valence-corrected chi connectivity index (χ1v) is 5.62. The summed E-state index contributed by atoms with van der Waals surface area (Å²) >= 11 is 0. The van der Waals surface area contributed by atoms with Crippen LogP contribution in [0.5, 0.6) is 0 Å². The van der Waals surface area contributed by atoms with Crippen LogP contribution in [0.15, 0.2) is 6.33 Å². The third-order valence-electron chi connectivity index (χ3n) is 2.95. The van der Waals surface area contributed by atoms with Gasteiger partial charge in [0.15, 0.2) is 11.5 Å². The van der Waals surface area contributed by atoms with Crippen LogP contribution in [0, 0.1) is 5.92 Å². The lowest BCUT2D eigenvalue weighted by Crippen LogP contribution is -2.22. The molecule has 7 heteroatoms. The van der Waals surface area contributed by atoms with E-state index in [2.05, 4.69) is 25.3 Å². The summed E-state index contributed by atoms with van der Waals surface area (Å²) in [6.07, 6.45) is 3.42. The van der Waals surface area contributed by atoms with Crippen LogP contribution >= 0.6 is 0 Å². The molecular weight excluding hydrogens is 220 g/mol. The Morgan fingerprint density at radius 3 is 3.12 bits per heavy atom. The molecule has 0 aromatic carbocycles. The van der Waals surface area contributed by atoms with Gasteiger partial charge < -0.3 is 21.1 Å². The van der Waals surface area contributed by atoms with Crippen LogP contribution in [0.25, 0.3) is 11.2 Å². The number of aromatic amines is 1. The third kappa shape index (κ3) is 2.01. The van der Waals surface area contributed by atoms with Crippen molar-refractivity contribution in [1.29, 1.82) is 0 Å². The molecule has 17 heavy (non-hydrogen) atoms. The van der Waals surface area contributed by atoms with E-state index in [-0.39, 0.29) is 12.1 Å². The average Bonchev–Trinajstić information content (AvgIpc) is 3.05. The Kier molecular flexibility index (Phi) is 2.32. The van der Waals surface area contributed by atoms with Gasteiger partial charge in [-0.3, -0.25) is 0 Å². The highest BCUT2D eigenvalue weighted by Crippen LogP contribution is 2.32. The highest BCUT2D eigenvalue weighted by Gasteiger charge is 2.29. The van der Waals surface area contributed by atoms with Gasteiger partial charge in [0.1, 0.15) is 5.52 Å². The first-order valence-electron chi connectivity index (χ1n) is 5.62. The molecule has 2 heterocycles. The lowest BCUT2D eigenvalue weighted by molar-refractivity contribution is 0.164. The second kappa shape index (κ2) is 3.85. The molecule has 7 nitrogen and oxygen atoms in total. The van der Waals surface area contributed by atoms with Crippen molar-refractivity contribution in [3.8, 4) is 0 Å². The van der Waals surface area contributed by atoms with Crippen molar-refractivity contribution < 1.29 is 5.11 Å². The average molecular weight is 234 g/mol. The quantitative estimate of drug-likeness (QED) is 0.597. The first kappa shape index (κ1) is 10.3. The van der Waals surface area contributed by atoms with Gasteiger partial charge in [-0.25, -0.2) is 4.98 Å². The highest BCUT2D eigenvalue weighted by molar-refractivity contribution is 5.83. The van der Waals surface area contributed by atoms with Gasteiger partial charge >= 0.3 is 0 Å². The van der Waals surface area contributed by atoms with Crippen LogP contribution in [0.2, 0.25) is 0 Å².